The maximum absolute atomic E-state index is 5.58. The molecule has 5 heteroatoms. The average molecular weight is 189 g/mol. The Morgan fingerprint density at radius 2 is 2.33 bits per heavy atom. The van der Waals surface area contributed by atoms with E-state index in [2.05, 4.69) is 17.1 Å². The summed E-state index contributed by atoms with van der Waals surface area (Å²) in [5.74, 6) is 10.1. The molecule has 0 rings (SSSR count). The van der Waals surface area contributed by atoms with Gasteiger partial charge in [0, 0.05) is 5.70 Å². The van der Waals surface area contributed by atoms with E-state index >= 15 is 0 Å². The van der Waals surface area contributed by atoms with Gasteiger partial charge in [0.25, 0.3) is 0 Å². The van der Waals surface area contributed by atoms with Gasteiger partial charge in [-0.05, 0) is 18.1 Å². The van der Waals surface area contributed by atoms with Crippen LogP contribution < -0.4 is 17.1 Å². The largest absolute Gasteiger partial charge is 0.324 e. The van der Waals surface area contributed by atoms with Crippen molar-refractivity contribution in [3.8, 4) is 0 Å². The highest BCUT2D eigenvalue weighted by Crippen LogP contribution is 2.09. The maximum Gasteiger partial charge on any atom is 0.149 e. The zero-order valence-electron chi connectivity index (χ0n) is 6.97. The standard InChI is InChI=1S/C7H13ClN4/c1-3-6(5(2)11-9)4-7(8)12-10/h4,11H,2-3,9-10H2,1H3/b6-4-,12-7+. The van der Waals surface area contributed by atoms with E-state index in [-0.39, 0.29) is 5.17 Å². The second-order valence-corrected chi connectivity index (χ2v) is 2.49. The first kappa shape index (κ1) is 11.0. The molecule has 0 aromatic heterocycles. The first-order valence-corrected chi connectivity index (χ1v) is 3.83. The Bertz CT molecular complexity index is 219. The monoisotopic (exact) mass is 188 g/mol. The van der Waals surface area contributed by atoms with Crippen LogP contribution in [0.3, 0.4) is 0 Å². The molecular formula is C7H13ClN4. The molecule has 0 radical (unpaired) electrons. The lowest BCUT2D eigenvalue weighted by Crippen LogP contribution is -2.21. The van der Waals surface area contributed by atoms with Crippen molar-refractivity contribution in [3.05, 3.63) is 23.9 Å². The number of hydrazine groups is 1. The van der Waals surface area contributed by atoms with Gasteiger partial charge in [0.15, 0.2) is 0 Å². The third-order valence-electron chi connectivity index (χ3n) is 1.36. The van der Waals surface area contributed by atoms with Crippen LogP contribution in [0.4, 0.5) is 0 Å². The van der Waals surface area contributed by atoms with E-state index in [1.807, 2.05) is 6.92 Å². The van der Waals surface area contributed by atoms with Gasteiger partial charge in [0.2, 0.25) is 0 Å². The van der Waals surface area contributed by atoms with Crippen molar-refractivity contribution in [2.75, 3.05) is 0 Å². The summed E-state index contributed by atoms with van der Waals surface area (Å²) in [7, 11) is 0. The van der Waals surface area contributed by atoms with Crippen LogP contribution in [0, 0.1) is 0 Å². The molecule has 0 spiro atoms. The van der Waals surface area contributed by atoms with Gasteiger partial charge < -0.3 is 11.3 Å². The molecule has 0 saturated heterocycles. The Morgan fingerprint density at radius 1 is 1.75 bits per heavy atom. The highest BCUT2D eigenvalue weighted by Gasteiger charge is 1.99. The molecule has 0 aromatic rings. The molecule has 0 aliphatic rings. The van der Waals surface area contributed by atoms with E-state index in [0.717, 1.165) is 12.0 Å². The zero-order valence-corrected chi connectivity index (χ0v) is 7.73. The fourth-order valence-electron chi connectivity index (χ4n) is 0.676. The molecule has 0 aromatic carbocycles. The summed E-state index contributed by atoms with van der Waals surface area (Å²) in [6, 6.07) is 0. The first-order chi connectivity index (χ1) is 5.65. The van der Waals surface area contributed by atoms with E-state index in [4.69, 9.17) is 23.3 Å². The van der Waals surface area contributed by atoms with Crippen molar-refractivity contribution < 1.29 is 0 Å². The molecule has 0 heterocycles. The van der Waals surface area contributed by atoms with Crippen molar-refractivity contribution in [3.63, 3.8) is 0 Å². The minimum atomic E-state index is 0.225. The minimum Gasteiger partial charge on any atom is -0.324 e. The van der Waals surface area contributed by atoms with E-state index in [1.54, 1.807) is 6.08 Å². The summed E-state index contributed by atoms with van der Waals surface area (Å²) < 4.78 is 0. The van der Waals surface area contributed by atoms with E-state index < -0.39 is 0 Å². The van der Waals surface area contributed by atoms with Gasteiger partial charge in [-0.3, -0.25) is 5.84 Å². The third-order valence-corrected chi connectivity index (χ3v) is 1.57. The quantitative estimate of drug-likeness (QED) is 0.265. The Labute approximate surface area is 76.9 Å². The fourth-order valence-corrected chi connectivity index (χ4v) is 0.808. The number of halogens is 1. The number of nitrogens with one attached hydrogen (secondary N) is 1. The molecule has 0 atom stereocenters. The van der Waals surface area contributed by atoms with Crippen LogP contribution in [-0.2, 0) is 0 Å². The smallest absolute Gasteiger partial charge is 0.149 e. The molecule has 5 N–H and O–H groups in total. The van der Waals surface area contributed by atoms with E-state index in [9.17, 15) is 0 Å². The van der Waals surface area contributed by atoms with Crippen LogP contribution >= 0.6 is 11.6 Å². The van der Waals surface area contributed by atoms with Crippen molar-refractivity contribution in [1.29, 1.82) is 0 Å². The molecule has 0 amide bonds. The number of hydrazone groups is 1. The van der Waals surface area contributed by atoms with Gasteiger partial charge in [0.05, 0.1) is 0 Å². The minimum absolute atomic E-state index is 0.225. The summed E-state index contributed by atoms with van der Waals surface area (Å²) in [4.78, 5) is 0. The lowest BCUT2D eigenvalue weighted by Gasteiger charge is -2.06. The Hall–Kier alpha value is -1.00. The summed E-state index contributed by atoms with van der Waals surface area (Å²) in [5, 5.41) is 3.51. The highest BCUT2D eigenvalue weighted by atomic mass is 35.5. The molecule has 68 valence electrons. The molecule has 4 nitrogen and oxygen atoms in total. The second kappa shape index (κ2) is 5.62. The maximum atomic E-state index is 5.58. The first-order valence-electron chi connectivity index (χ1n) is 3.45. The number of nitrogens with two attached hydrogens (primary N) is 2. The fraction of sp³-hybridized carbons (Fsp3) is 0.286. The predicted octanol–water partition coefficient (Wildman–Crippen LogP) is 0.811. The van der Waals surface area contributed by atoms with Crippen molar-refractivity contribution in [2.45, 2.75) is 13.3 Å². The second-order valence-electron chi connectivity index (χ2n) is 2.10. The SMILES string of the molecule is C=C(NN)/C(=C\C(Cl)=N/N)CC. The number of allylic oxidation sites excluding steroid dienone is 2. The van der Waals surface area contributed by atoms with E-state index in [0.29, 0.717) is 5.70 Å². The van der Waals surface area contributed by atoms with Crippen LogP contribution in [0.5, 0.6) is 0 Å². The molecule has 0 bridgehead atoms. The van der Waals surface area contributed by atoms with Crippen LogP contribution in [0.15, 0.2) is 29.0 Å². The molecule has 12 heavy (non-hydrogen) atoms. The van der Waals surface area contributed by atoms with Crippen molar-refractivity contribution >= 4 is 16.8 Å². The van der Waals surface area contributed by atoms with Crippen LogP contribution in [-0.4, -0.2) is 5.17 Å². The number of hydrogen-bond acceptors (Lipinski definition) is 4. The van der Waals surface area contributed by atoms with Gasteiger partial charge in [-0.2, -0.15) is 5.10 Å². The number of rotatable bonds is 4. The molecular weight excluding hydrogens is 176 g/mol. The average Bonchev–Trinajstić information content (AvgIpc) is 2.12. The zero-order chi connectivity index (χ0) is 9.56. The summed E-state index contributed by atoms with van der Waals surface area (Å²) in [5.41, 5.74) is 3.91. The normalized spacial score (nSPS) is 12.9. The van der Waals surface area contributed by atoms with Crippen LogP contribution in [0.25, 0.3) is 0 Å². The lowest BCUT2D eigenvalue weighted by atomic mass is 10.1. The van der Waals surface area contributed by atoms with Crippen LogP contribution in [0.2, 0.25) is 0 Å². The summed E-state index contributed by atoms with van der Waals surface area (Å²) in [6.45, 7) is 5.63. The summed E-state index contributed by atoms with van der Waals surface area (Å²) in [6.07, 6.45) is 2.37. The van der Waals surface area contributed by atoms with Gasteiger partial charge in [-0.15, -0.1) is 0 Å². The number of hydrogen-bond donors (Lipinski definition) is 3. The molecule has 0 aliphatic heterocycles. The van der Waals surface area contributed by atoms with Gasteiger partial charge in [-0.1, -0.05) is 25.1 Å². The number of nitrogens with zero attached hydrogens (tertiary/aromatic N) is 1. The van der Waals surface area contributed by atoms with Gasteiger partial charge in [0.1, 0.15) is 5.17 Å². The van der Waals surface area contributed by atoms with Crippen molar-refractivity contribution in [2.24, 2.45) is 16.8 Å². The molecule has 0 aliphatic carbocycles. The Morgan fingerprint density at radius 3 is 2.67 bits per heavy atom. The molecule has 0 saturated carbocycles. The van der Waals surface area contributed by atoms with E-state index in [1.165, 1.54) is 0 Å². The van der Waals surface area contributed by atoms with Crippen molar-refractivity contribution in [1.82, 2.24) is 5.43 Å². The van der Waals surface area contributed by atoms with Crippen LogP contribution in [0.1, 0.15) is 13.3 Å². The Balaban J connectivity index is 4.54. The highest BCUT2D eigenvalue weighted by molar-refractivity contribution is 6.68. The molecule has 0 fully saturated rings. The third kappa shape index (κ3) is 3.41. The predicted molar refractivity (Wildman–Crippen MR) is 52.3 cm³/mol. The van der Waals surface area contributed by atoms with Gasteiger partial charge >= 0.3 is 0 Å². The topological polar surface area (TPSA) is 76.4 Å². The van der Waals surface area contributed by atoms with Gasteiger partial charge in [-0.25, -0.2) is 0 Å². The molecule has 0 unspecified atom stereocenters. The summed E-state index contributed by atoms with van der Waals surface area (Å²) >= 11 is 5.58. The Kier molecular flexibility index (Phi) is 5.16. The lowest BCUT2D eigenvalue weighted by molar-refractivity contribution is 0.879.